The quantitative estimate of drug-likeness (QED) is 0.103. The van der Waals surface area contributed by atoms with Crippen molar-refractivity contribution in [3.05, 3.63) is 70.9 Å². The molecule has 0 saturated carbocycles. The number of aromatic nitrogens is 2. The molecule has 4 rings (SSSR count). The number of aliphatic imine (C=N–C) groups is 2. The van der Waals surface area contributed by atoms with Crippen LogP contribution in [0.15, 0.2) is 69.8 Å². The molecule has 3 aromatic rings. The summed E-state index contributed by atoms with van der Waals surface area (Å²) in [6, 6.07) is 11.5. The van der Waals surface area contributed by atoms with Crippen LogP contribution in [0.1, 0.15) is 44.4 Å². The molecule has 0 radical (unpaired) electrons. The highest BCUT2D eigenvalue weighted by atomic mass is 35.5. The number of amidine groups is 1. The summed E-state index contributed by atoms with van der Waals surface area (Å²) in [7, 11) is 2.90. The lowest BCUT2D eigenvalue weighted by molar-refractivity contribution is -0.135. The molecule has 0 aliphatic carbocycles. The van der Waals surface area contributed by atoms with Crippen molar-refractivity contribution in [2.75, 3.05) is 25.2 Å². The largest absolute Gasteiger partial charge is 0.447 e. The summed E-state index contributed by atoms with van der Waals surface area (Å²) >= 11 is 6.40. The number of aryl methyl sites for hydroxylation is 1. The van der Waals surface area contributed by atoms with E-state index >= 15 is 0 Å². The Bertz CT molecular complexity index is 1820. The Hall–Kier alpha value is -5.06. The fourth-order valence-corrected chi connectivity index (χ4v) is 5.91. The van der Waals surface area contributed by atoms with Crippen LogP contribution in [0.25, 0.3) is 11.3 Å². The predicted molar refractivity (Wildman–Crippen MR) is 184 cm³/mol. The summed E-state index contributed by atoms with van der Waals surface area (Å²) in [6.45, 7) is 6.65. The molecule has 18 heteroatoms. The molecule has 51 heavy (non-hydrogen) atoms. The minimum atomic E-state index is -4.73. The number of anilines is 1. The predicted octanol–water partition coefficient (Wildman–Crippen LogP) is 6.27. The van der Waals surface area contributed by atoms with E-state index in [-0.39, 0.29) is 28.7 Å². The zero-order valence-corrected chi connectivity index (χ0v) is 29.1. The number of ether oxygens (including phenoxy) is 1. The maximum absolute atomic E-state index is 14.8. The minimum Gasteiger partial charge on any atom is -0.447 e. The number of alkyl carbamates (subject to hydrolysis) is 1. The highest BCUT2D eigenvalue weighted by Gasteiger charge is 2.53. The number of alkyl halides is 5. The maximum atomic E-state index is 14.8. The van der Waals surface area contributed by atoms with Gasteiger partial charge >= 0.3 is 12.3 Å². The smallest absolute Gasteiger partial charge is 0.407 e. The lowest BCUT2D eigenvalue weighted by Gasteiger charge is -2.35. The summed E-state index contributed by atoms with van der Waals surface area (Å²) in [4.78, 5) is 36.6. The van der Waals surface area contributed by atoms with Gasteiger partial charge in [0.25, 0.3) is 12.3 Å². The van der Waals surface area contributed by atoms with Gasteiger partial charge < -0.3 is 15.8 Å². The van der Waals surface area contributed by atoms with Gasteiger partial charge in [0.15, 0.2) is 17.3 Å². The Morgan fingerprint density at radius 2 is 1.82 bits per heavy atom. The lowest BCUT2D eigenvalue weighted by atomic mass is 9.75. The van der Waals surface area contributed by atoms with E-state index in [4.69, 9.17) is 27.1 Å². The molecule has 1 aliphatic heterocycles. The number of nitrogens with one attached hydrogen (secondary N) is 1. The van der Waals surface area contributed by atoms with Crippen LogP contribution in [0.5, 0.6) is 0 Å². The third-order valence-corrected chi connectivity index (χ3v) is 8.09. The molecule has 2 aromatic carbocycles. The molecular formula is C33H37ClF5N9O3. The average molecular weight is 738 g/mol. The average Bonchev–Trinajstić information content (AvgIpc) is 3.58. The van der Waals surface area contributed by atoms with E-state index in [1.165, 1.54) is 18.2 Å². The normalized spacial score (nSPS) is 17.4. The molecule has 2 atom stereocenters. The van der Waals surface area contributed by atoms with Crippen LogP contribution >= 0.6 is 11.6 Å². The van der Waals surface area contributed by atoms with Gasteiger partial charge in [0.2, 0.25) is 0 Å². The monoisotopic (exact) mass is 737 g/mol. The van der Waals surface area contributed by atoms with E-state index in [0.29, 0.717) is 16.3 Å². The molecule has 12 nitrogen and oxygen atoms in total. The van der Waals surface area contributed by atoms with Gasteiger partial charge in [0.1, 0.15) is 13.2 Å². The molecule has 2 amide bonds. The Morgan fingerprint density at radius 1 is 1.16 bits per heavy atom. The first kappa shape index (κ1) is 38.7. The molecule has 0 fully saturated rings. The Morgan fingerprint density at radius 3 is 2.35 bits per heavy atom. The molecule has 0 bridgehead atoms. The fraction of sp³-hybridized carbons (Fsp3) is 0.394. The van der Waals surface area contributed by atoms with Gasteiger partial charge in [0.05, 0.1) is 22.4 Å². The van der Waals surface area contributed by atoms with Crippen LogP contribution in [-0.2, 0) is 22.1 Å². The first-order valence-corrected chi connectivity index (χ1v) is 15.8. The van der Waals surface area contributed by atoms with Crippen LogP contribution < -0.4 is 16.1 Å². The van der Waals surface area contributed by atoms with Crippen molar-refractivity contribution in [2.24, 2.45) is 33.3 Å². The zero-order valence-electron chi connectivity index (χ0n) is 28.4. The number of halogens is 6. The lowest BCUT2D eigenvalue weighted by Crippen LogP contribution is -2.47. The number of guanidine groups is 1. The van der Waals surface area contributed by atoms with Crippen LogP contribution in [0.3, 0.4) is 0 Å². The molecule has 0 spiro atoms. The molecule has 0 unspecified atom stereocenters. The summed E-state index contributed by atoms with van der Waals surface area (Å²) < 4.78 is 73.1. The third kappa shape index (κ3) is 8.82. The topological polar surface area (TPSA) is 143 Å². The number of rotatable bonds is 11. The van der Waals surface area contributed by atoms with E-state index in [1.807, 2.05) is 26.8 Å². The number of hydrogen-bond acceptors (Lipinski definition) is 8. The molecule has 1 aliphatic rings. The Labute approximate surface area is 295 Å². The van der Waals surface area contributed by atoms with Gasteiger partial charge in [-0.25, -0.2) is 23.6 Å². The van der Waals surface area contributed by atoms with Crippen molar-refractivity contribution < 1.29 is 36.3 Å². The Balaban J connectivity index is 1.83. The van der Waals surface area contributed by atoms with E-state index in [1.54, 1.807) is 47.5 Å². The second-order valence-electron chi connectivity index (χ2n) is 12.8. The first-order valence-electron chi connectivity index (χ1n) is 15.4. The highest BCUT2D eigenvalue weighted by molar-refractivity contribution is 6.34. The molecule has 1 aromatic heterocycles. The van der Waals surface area contributed by atoms with Crippen molar-refractivity contribution in [2.45, 2.75) is 51.4 Å². The SMILES string of the molecule is C=NN(C(=NC)C(F)F)c1cc([C@@H](COC(=O)NCC(F)(F)F)N2C(=O)[C@@](CC(C)(C)C)(c3ccc(-c4ccn(C)n4)cc3)N=C2N)ccc1Cl. The van der Waals surface area contributed by atoms with Crippen LogP contribution in [-0.4, -0.2) is 78.0 Å². The number of amides is 2. The maximum Gasteiger partial charge on any atom is 0.407 e. The highest BCUT2D eigenvalue weighted by Crippen LogP contribution is 2.45. The van der Waals surface area contributed by atoms with Crippen molar-refractivity contribution in [1.29, 1.82) is 0 Å². The van der Waals surface area contributed by atoms with Crippen molar-refractivity contribution in [3.8, 4) is 11.3 Å². The van der Waals surface area contributed by atoms with Gasteiger partial charge in [-0.2, -0.15) is 23.4 Å². The van der Waals surface area contributed by atoms with Crippen LogP contribution in [0, 0.1) is 5.41 Å². The molecule has 2 heterocycles. The van der Waals surface area contributed by atoms with Crippen molar-refractivity contribution >= 4 is 47.8 Å². The minimum absolute atomic E-state index is 0.0694. The van der Waals surface area contributed by atoms with Gasteiger partial charge in [-0.15, -0.1) is 0 Å². The molecule has 3 N–H and O–H groups in total. The number of hydrogen-bond donors (Lipinski definition) is 2. The third-order valence-electron chi connectivity index (χ3n) is 7.77. The standard InChI is InChI=1S/C33H37ClF5N9O3/c1-31(2,3)17-32(21-10-7-19(8-11-21)23-13-14-46(6)45-23)28(49)47(29(40)44-32)25(16-51-30(50)43-18-33(37,38)39)20-9-12-22(34)24(15-20)48(42-5)27(41-4)26(35)36/h7-15,25-26H,5,16-18H2,1-4,6H3,(H2,40,44)(H,43,50)/t25-,32-/m1/s1. The fourth-order valence-electron chi connectivity index (χ4n) is 5.71. The van der Waals surface area contributed by atoms with E-state index in [2.05, 4.69) is 21.9 Å². The van der Waals surface area contributed by atoms with E-state index in [0.717, 1.165) is 17.5 Å². The van der Waals surface area contributed by atoms with Crippen molar-refractivity contribution in [1.82, 2.24) is 20.0 Å². The van der Waals surface area contributed by atoms with Gasteiger partial charge in [-0.3, -0.25) is 19.4 Å². The zero-order chi connectivity index (χ0) is 37.9. The molecular weight excluding hydrogens is 701 g/mol. The van der Waals surface area contributed by atoms with Crippen molar-refractivity contribution in [3.63, 3.8) is 0 Å². The van der Waals surface area contributed by atoms with E-state index < -0.39 is 60.6 Å². The summed E-state index contributed by atoms with van der Waals surface area (Å²) in [5, 5.41) is 10.3. The summed E-state index contributed by atoms with van der Waals surface area (Å²) in [6.07, 6.45) is -7.32. The summed E-state index contributed by atoms with van der Waals surface area (Å²) in [5.74, 6) is -1.73. The second kappa shape index (κ2) is 15.0. The Kier molecular flexibility index (Phi) is 11.4. The van der Waals surface area contributed by atoms with Crippen LogP contribution in [0.4, 0.5) is 32.4 Å². The van der Waals surface area contributed by atoms with Gasteiger partial charge in [0, 0.05) is 32.6 Å². The van der Waals surface area contributed by atoms with Gasteiger partial charge in [-0.1, -0.05) is 62.7 Å². The number of carbonyl (C=O) groups excluding carboxylic acids is 2. The first-order chi connectivity index (χ1) is 23.8. The second-order valence-corrected chi connectivity index (χ2v) is 13.2. The number of nitrogens with two attached hydrogens (primary N) is 1. The number of hydrazone groups is 1. The van der Waals surface area contributed by atoms with Crippen LogP contribution in [0.2, 0.25) is 5.02 Å². The summed E-state index contributed by atoms with van der Waals surface area (Å²) in [5.41, 5.74) is 6.34. The number of carbonyl (C=O) groups is 2. The van der Waals surface area contributed by atoms with E-state index in [9.17, 15) is 31.5 Å². The number of nitrogens with zero attached hydrogens (tertiary/aromatic N) is 7. The number of benzene rings is 2. The molecule has 0 saturated heterocycles. The van der Waals surface area contributed by atoms with Gasteiger partial charge in [-0.05, 0) is 41.2 Å². The molecule has 274 valence electrons.